The highest BCUT2D eigenvalue weighted by Crippen LogP contribution is 2.54. The number of anilines is 1. The summed E-state index contributed by atoms with van der Waals surface area (Å²) >= 11 is 6.40. The smallest absolute Gasteiger partial charge is 0.250 e. The average molecular weight is 454 g/mol. The minimum atomic E-state index is -1.45. The summed E-state index contributed by atoms with van der Waals surface area (Å²) in [6, 6.07) is 12.4. The number of fused-ring (bicyclic) bond motifs is 4. The Bertz CT molecular complexity index is 1140. The number of nitrogens with one attached hydrogen (secondary N) is 2. The number of aryl methyl sites for hydroxylation is 1. The topological polar surface area (TPSA) is 98.7 Å². The molecule has 1 spiro atoms. The third-order valence-electron chi connectivity index (χ3n) is 6.93. The third kappa shape index (κ3) is 2.85. The fourth-order valence-corrected chi connectivity index (χ4v) is 5.83. The van der Waals surface area contributed by atoms with Gasteiger partial charge in [-0.2, -0.15) is 0 Å². The summed E-state index contributed by atoms with van der Waals surface area (Å²) in [6.45, 7) is 3.64. The van der Waals surface area contributed by atoms with Gasteiger partial charge in [0.1, 0.15) is 5.54 Å². The first kappa shape index (κ1) is 21.1. The number of hydrogen-bond donors (Lipinski definition) is 3. The van der Waals surface area contributed by atoms with Crippen LogP contribution in [0.1, 0.15) is 23.6 Å². The maximum atomic E-state index is 13.6. The molecule has 5 atom stereocenters. The van der Waals surface area contributed by atoms with Gasteiger partial charge in [-0.15, -0.1) is 0 Å². The van der Waals surface area contributed by atoms with Gasteiger partial charge in [-0.05, 0) is 37.5 Å². The molecule has 2 aromatic rings. The molecule has 8 heteroatoms. The van der Waals surface area contributed by atoms with Crippen LogP contribution < -0.4 is 10.6 Å². The van der Waals surface area contributed by atoms with Gasteiger partial charge in [0.05, 0.1) is 28.6 Å². The number of hydrogen-bond acceptors (Lipinski definition) is 5. The number of rotatable bonds is 4. The molecule has 0 unspecified atom stereocenters. The Morgan fingerprint density at radius 3 is 2.56 bits per heavy atom. The number of benzene rings is 2. The zero-order valence-corrected chi connectivity index (χ0v) is 18.5. The molecule has 3 N–H and O–H groups in total. The van der Waals surface area contributed by atoms with E-state index in [4.69, 9.17) is 11.6 Å². The van der Waals surface area contributed by atoms with Gasteiger partial charge in [-0.3, -0.25) is 24.6 Å². The first-order valence-corrected chi connectivity index (χ1v) is 11.1. The Morgan fingerprint density at radius 2 is 1.88 bits per heavy atom. The van der Waals surface area contributed by atoms with Gasteiger partial charge >= 0.3 is 0 Å². The van der Waals surface area contributed by atoms with Crippen molar-refractivity contribution in [2.24, 2.45) is 11.8 Å². The van der Waals surface area contributed by atoms with Gasteiger partial charge in [0.2, 0.25) is 17.7 Å². The molecule has 0 aliphatic carbocycles. The molecule has 166 valence electrons. The summed E-state index contributed by atoms with van der Waals surface area (Å²) in [7, 11) is 0. The van der Waals surface area contributed by atoms with Crippen LogP contribution in [0.5, 0.6) is 0 Å². The molecule has 0 bridgehead atoms. The number of halogens is 1. The van der Waals surface area contributed by atoms with Gasteiger partial charge in [-0.1, -0.05) is 48.0 Å². The van der Waals surface area contributed by atoms with E-state index in [1.54, 1.807) is 13.0 Å². The predicted octanol–water partition coefficient (Wildman–Crippen LogP) is 1.99. The molecule has 2 aromatic carbocycles. The largest absolute Gasteiger partial charge is 0.392 e. The molecule has 2 saturated heterocycles. The van der Waals surface area contributed by atoms with Crippen LogP contribution in [0.3, 0.4) is 0 Å². The third-order valence-corrected chi connectivity index (χ3v) is 7.23. The van der Waals surface area contributed by atoms with Crippen LogP contribution in [0.2, 0.25) is 5.02 Å². The van der Waals surface area contributed by atoms with Crippen molar-refractivity contribution in [1.29, 1.82) is 0 Å². The second kappa shape index (κ2) is 7.40. The van der Waals surface area contributed by atoms with Crippen molar-refractivity contribution in [2.75, 3.05) is 11.9 Å². The first-order chi connectivity index (χ1) is 15.3. The monoisotopic (exact) mass is 453 g/mol. The number of imide groups is 1. The summed E-state index contributed by atoms with van der Waals surface area (Å²) in [6.07, 6.45) is -0.421. The highest BCUT2D eigenvalue weighted by atomic mass is 35.5. The highest BCUT2D eigenvalue weighted by Gasteiger charge is 2.71. The first-order valence-electron chi connectivity index (χ1n) is 10.7. The number of carbonyl (C=O) groups is 3. The van der Waals surface area contributed by atoms with Crippen molar-refractivity contribution in [3.05, 3.63) is 64.2 Å². The van der Waals surface area contributed by atoms with Crippen LogP contribution in [0.15, 0.2) is 42.5 Å². The van der Waals surface area contributed by atoms with E-state index in [0.29, 0.717) is 22.7 Å². The summed E-state index contributed by atoms with van der Waals surface area (Å²) in [5.41, 5.74) is 1.39. The number of aliphatic hydroxyl groups is 1. The summed E-state index contributed by atoms with van der Waals surface area (Å²) in [5.74, 6) is -2.97. The van der Waals surface area contributed by atoms with Gasteiger partial charge in [0.15, 0.2) is 0 Å². The fraction of sp³-hybridized carbons (Fsp3) is 0.375. The maximum Gasteiger partial charge on any atom is 0.250 e. The Hall–Kier alpha value is -2.74. The molecule has 7 nitrogen and oxygen atoms in total. The highest BCUT2D eigenvalue weighted by molar-refractivity contribution is 6.35. The van der Waals surface area contributed by atoms with Gasteiger partial charge < -0.3 is 10.4 Å². The molecule has 3 aliphatic heterocycles. The summed E-state index contributed by atoms with van der Waals surface area (Å²) in [5, 5.41) is 16.9. The molecule has 3 aliphatic rings. The summed E-state index contributed by atoms with van der Waals surface area (Å²) in [4.78, 5) is 41.7. The van der Waals surface area contributed by atoms with E-state index in [1.165, 1.54) is 4.90 Å². The van der Waals surface area contributed by atoms with Crippen LogP contribution in [0.25, 0.3) is 0 Å². The lowest BCUT2D eigenvalue weighted by Crippen LogP contribution is -2.55. The van der Waals surface area contributed by atoms with E-state index in [1.807, 2.05) is 43.3 Å². The van der Waals surface area contributed by atoms with Gasteiger partial charge in [0.25, 0.3) is 0 Å². The Balaban J connectivity index is 1.58. The molecule has 3 amide bonds. The van der Waals surface area contributed by atoms with Crippen LogP contribution in [0, 0.1) is 18.8 Å². The Labute approximate surface area is 190 Å². The van der Waals surface area contributed by atoms with Crippen LogP contribution in [0.4, 0.5) is 5.69 Å². The summed E-state index contributed by atoms with van der Waals surface area (Å²) < 4.78 is 0. The van der Waals surface area contributed by atoms with Gasteiger partial charge in [-0.25, -0.2) is 0 Å². The quantitative estimate of drug-likeness (QED) is 0.615. The van der Waals surface area contributed by atoms with Crippen molar-refractivity contribution in [3.8, 4) is 0 Å². The number of amides is 3. The van der Waals surface area contributed by atoms with Crippen LogP contribution in [-0.2, 0) is 26.3 Å². The van der Waals surface area contributed by atoms with Crippen molar-refractivity contribution < 1.29 is 19.5 Å². The number of nitrogens with zero attached hydrogens (tertiary/aromatic N) is 1. The molecule has 0 radical (unpaired) electrons. The van der Waals surface area contributed by atoms with E-state index in [9.17, 15) is 19.5 Å². The Kier molecular flexibility index (Phi) is 4.89. The normalized spacial score (nSPS) is 29.4. The number of carbonyl (C=O) groups excluding carboxylic acids is 3. The second-order valence-electron chi connectivity index (χ2n) is 8.91. The zero-order valence-electron chi connectivity index (χ0n) is 17.8. The lowest BCUT2D eigenvalue weighted by atomic mass is 9.76. The van der Waals surface area contributed by atoms with E-state index >= 15 is 0 Å². The van der Waals surface area contributed by atoms with E-state index < -0.39 is 41.3 Å². The van der Waals surface area contributed by atoms with Crippen molar-refractivity contribution in [3.63, 3.8) is 0 Å². The molecule has 0 saturated carbocycles. The SMILES string of the molecule is Cc1cc(Cl)c2c(c1)[C@@]1(N[C@H]([C@@H](C)O)[C@H]3C(=O)N(CCc4ccccc4)C(=O)[C@H]31)C(=O)N2. The standard InChI is InChI=1S/C24H24ClN3O4/c1-12-10-15-20(16(25)11-12)26-23(32)24(15)18-17(19(27-24)13(2)29)21(30)28(22(18)31)9-8-14-6-4-3-5-7-14/h3-7,10-11,13,17-19,27,29H,8-9H2,1-2H3,(H,26,32)/t13-,17+,18+,19-,24+/m1/s1. The number of aliphatic hydroxyl groups excluding tert-OH is 1. The number of likely N-dealkylation sites (tertiary alicyclic amines) is 1. The fourth-order valence-electron chi connectivity index (χ4n) is 5.50. The molecular weight excluding hydrogens is 430 g/mol. The average Bonchev–Trinajstić information content (AvgIpc) is 3.34. The molecule has 32 heavy (non-hydrogen) atoms. The van der Waals surface area contributed by atoms with Crippen LogP contribution >= 0.6 is 11.6 Å². The predicted molar refractivity (Wildman–Crippen MR) is 119 cm³/mol. The van der Waals surface area contributed by atoms with E-state index in [2.05, 4.69) is 10.6 Å². The Morgan fingerprint density at radius 1 is 1.16 bits per heavy atom. The molecular formula is C24H24ClN3O4. The lowest BCUT2D eigenvalue weighted by molar-refractivity contribution is -0.143. The molecule has 2 fully saturated rings. The van der Waals surface area contributed by atoms with Crippen molar-refractivity contribution >= 4 is 35.0 Å². The molecule has 3 heterocycles. The van der Waals surface area contributed by atoms with E-state index in [-0.39, 0.29) is 12.5 Å². The molecule has 0 aromatic heterocycles. The van der Waals surface area contributed by atoms with Gasteiger partial charge in [0, 0.05) is 18.2 Å². The van der Waals surface area contributed by atoms with Crippen molar-refractivity contribution in [2.45, 2.75) is 38.0 Å². The zero-order chi connectivity index (χ0) is 22.8. The lowest BCUT2D eigenvalue weighted by Gasteiger charge is -2.30. The maximum absolute atomic E-state index is 13.6. The van der Waals surface area contributed by atoms with E-state index in [0.717, 1.165) is 11.1 Å². The van der Waals surface area contributed by atoms with Crippen molar-refractivity contribution in [1.82, 2.24) is 10.2 Å². The van der Waals surface area contributed by atoms with Crippen LogP contribution in [-0.4, -0.2) is 46.4 Å². The minimum Gasteiger partial charge on any atom is -0.392 e. The molecule has 5 rings (SSSR count). The second-order valence-corrected chi connectivity index (χ2v) is 9.32. The minimum absolute atomic E-state index is 0.223.